The molecule has 1 aromatic heterocycles. The first-order chi connectivity index (χ1) is 8.20. The lowest BCUT2D eigenvalue weighted by molar-refractivity contribution is 0.791. The first kappa shape index (κ1) is 12.1. The molecule has 2 aromatic rings. The average Bonchev–Trinajstić information content (AvgIpc) is 2.78. The molecule has 17 heavy (non-hydrogen) atoms. The minimum absolute atomic E-state index is 0.515. The maximum atomic E-state index is 5.68. The fourth-order valence-electron chi connectivity index (χ4n) is 1.66. The SMILES string of the molecule is CC(C)c1cccc(-n2cc(CCCl)nn2)c1. The summed E-state index contributed by atoms with van der Waals surface area (Å²) in [7, 11) is 0. The third-order valence-electron chi connectivity index (χ3n) is 2.69. The maximum absolute atomic E-state index is 5.68. The molecule has 0 aliphatic heterocycles. The fraction of sp³-hybridized carbons (Fsp3) is 0.385. The molecule has 0 atom stereocenters. The number of hydrogen-bond acceptors (Lipinski definition) is 2. The van der Waals surface area contributed by atoms with Gasteiger partial charge in [0.15, 0.2) is 0 Å². The van der Waals surface area contributed by atoms with E-state index in [1.54, 1.807) is 4.68 Å². The van der Waals surface area contributed by atoms with Crippen LogP contribution in [0.3, 0.4) is 0 Å². The van der Waals surface area contributed by atoms with Crippen molar-refractivity contribution in [2.24, 2.45) is 0 Å². The van der Waals surface area contributed by atoms with E-state index in [4.69, 9.17) is 11.6 Å². The van der Waals surface area contributed by atoms with E-state index in [9.17, 15) is 0 Å². The quantitative estimate of drug-likeness (QED) is 0.780. The first-order valence-electron chi connectivity index (χ1n) is 5.78. The lowest BCUT2D eigenvalue weighted by atomic mass is 10.0. The Hall–Kier alpha value is -1.35. The summed E-state index contributed by atoms with van der Waals surface area (Å²) in [5.41, 5.74) is 3.27. The summed E-state index contributed by atoms with van der Waals surface area (Å²) in [4.78, 5) is 0. The van der Waals surface area contributed by atoms with Crippen LogP contribution < -0.4 is 0 Å². The molecule has 0 spiro atoms. The Morgan fingerprint density at radius 3 is 2.88 bits per heavy atom. The second-order valence-electron chi connectivity index (χ2n) is 4.34. The van der Waals surface area contributed by atoms with Gasteiger partial charge in [-0.25, -0.2) is 4.68 Å². The molecule has 2 rings (SSSR count). The summed E-state index contributed by atoms with van der Waals surface area (Å²) < 4.78 is 1.80. The largest absolute Gasteiger partial charge is 0.220 e. The molecular formula is C13H16ClN3. The van der Waals surface area contributed by atoms with Gasteiger partial charge in [-0.3, -0.25) is 0 Å². The molecular weight excluding hydrogens is 234 g/mol. The van der Waals surface area contributed by atoms with Crippen LogP contribution >= 0.6 is 11.6 Å². The van der Waals surface area contributed by atoms with E-state index >= 15 is 0 Å². The number of aromatic nitrogens is 3. The molecule has 90 valence electrons. The van der Waals surface area contributed by atoms with Crippen molar-refractivity contribution in [2.75, 3.05) is 5.88 Å². The number of benzene rings is 1. The zero-order valence-corrected chi connectivity index (χ0v) is 10.9. The van der Waals surface area contributed by atoms with Crippen LogP contribution in [0.2, 0.25) is 0 Å². The van der Waals surface area contributed by atoms with Gasteiger partial charge in [0.25, 0.3) is 0 Å². The average molecular weight is 250 g/mol. The Morgan fingerprint density at radius 2 is 2.18 bits per heavy atom. The highest BCUT2D eigenvalue weighted by atomic mass is 35.5. The Balaban J connectivity index is 2.28. The van der Waals surface area contributed by atoms with Crippen LogP contribution in [0.5, 0.6) is 0 Å². The minimum Gasteiger partial charge on any atom is -0.220 e. The van der Waals surface area contributed by atoms with Gasteiger partial charge in [0.05, 0.1) is 17.6 Å². The van der Waals surface area contributed by atoms with Crippen molar-refractivity contribution in [2.45, 2.75) is 26.2 Å². The third-order valence-corrected chi connectivity index (χ3v) is 2.88. The first-order valence-corrected chi connectivity index (χ1v) is 6.31. The number of rotatable bonds is 4. The van der Waals surface area contributed by atoms with E-state index in [0.29, 0.717) is 11.8 Å². The third kappa shape index (κ3) is 2.86. The predicted molar refractivity (Wildman–Crippen MR) is 69.9 cm³/mol. The molecule has 3 nitrogen and oxygen atoms in total. The second kappa shape index (κ2) is 5.32. The fourth-order valence-corrected chi connectivity index (χ4v) is 1.86. The van der Waals surface area contributed by atoms with Gasteiger partial charge >= 0.3 is 0 Å². The number of halogens is 1. The topological polar surface area (TPSA) is 30.7 Å². The predicted octanol–water partition coefficient (Wildman–Crippen LogP) is 3.17. The molecule has 1 aromatic carbocycles. The molecule has 0 fully saturated rings. The number of nitrogens with zero attached hydrogens (tertiary/aromatic N) is 3. The molecule has 0 saturated heterocycles. The van der Waals surface area contributed by atoms with Gasteiger partial charge in [-0.05, 0) is 23.6 Å². The standard InChI is InChI=1S/C13H16ClN3/c1-10(2)11-4-3-5-13(8-11)17-9-12(6-7-14)15-16-17/h3-5,8-10H,6-7H2,1-2H3. The van der Waals surface area contributed by atoms with Gasteiger partial charge in [-0.15, -0.1) is 16.7 Å². The van der Waals surface area contributed by atoms with Crippen molar-refractivity contribution in [3.63, 3.8) is 0 Å². The zero-order valence-electron chi connectivity index (χ0n) is 10.1. The molecule has 0 N–H and O–H groups in total. The van der Waals surface area contributed by atoms with Crippen molar-refractivity contribution < 1.29 is 0 Å². The van der Waals surface area contributed by atoms with E-state index < -0.39 is 0 Å². The van der Waals surface area contributed by atoms with E-state index in [-0.39, 0.29) is 0 Å². The molecule has 0 aliphatic rings. The van der Waals surface area contributed by atoms with Crippen molar-refractivity contribution in [1.29, 1.82) is 0 Å². The van der Waals surface area contributed by atoms with Crippen LogP contribution in [0.25, 0.3) is 5.69 Å². The van der Waals surface area contributed by atoms with Crippen LogP contribution in [0.15, 0.2) is 30.5 Å². The van der Waals surface area contributed by atoms with Crippen LogP contribution in [0, 0.1) is 0 Å². The lowest BCUT2D eigenvalue weighted by Crippen LogP contribution is -1.97. The smallest absolute Gasteiger partial charge is 0.0843 e. The summed E-state index contributed by atoms with van der Waals surface area (Å²) in [6.45, 7) is 4.36. The highest BCUT2D eigenvalue weighted by Gasteiger charge is 2.04. The summed E-state index contributed by atoms with van der Waals surface area (Å²) in [6, 6.07) is 8.35. The number of alkyl halides is 1. The Morgan fingerprint density at radius 1 is 1.35 bits per heavy atom. The number of hydrogen-bond donors (Lipinski definition) is 0. The molecule has 0 amide bonds. The van der Waals surface area contributed by atoms with Gasteiger partial charge in [0.2, 0.25) is 0 Å². The molecule has 0 aliphatic carbocycles. The van der Waals surface area contributed by atoms with Crippen LogP contribution in [-0.4, -0.2) is 20.9 Å². The van der Waals surface area contributed by atoms with Crippen molar-refractivity contribution in [1.82, 2.24) is 15.0 Å². The summed E-state index contributed by atoms with van der Waals surface area (Å²) in [5, 5.41) is 8.20. The van der Waals surface area contributed by atoms with E-state index in [0.717, 1.165) is 17.8 Å². The van der Waals surface area contributed by atoms with E-state index in [1.165, 1.54) is 5.56 Å². The highest BCUT2D eigenvalue weighted by Crippen LogP contribution is 2.17. The Kier molecular flexibility index (Phi) is 3.79. The monoisotopic (exact) mass is 249 g/mol. The molecule has 0 bridgehead atoms. The van der Waals surface area contributed by atoms with Gasteiger partial charge in [0.1, 0.15) is 0 Å². The van der Waals surface area contributed by atoms with Crippen molar-refractivity contribution in [3.05, 3.63) is 41.7 Å². The van der Waals surface area contributed by atoms with E-state index in [1.807, 2.05) is 18.3 Å². The van der Waals surface area contributed by atoms with Crippen molar-refractivity contribution >= 4 is 11.6 Å². The second-order valence-corrected chi connectivity index (χ2v) is 4.72. The molecule has 0 saturated carbocycles. The lowest BCUT2D eigenvalue weighted by Gasteiger charge is -2.07. The molecule has 0 radical (unpaired) electrons. The highest BCUT2D eigenvalue weighted by molar-refractivity contribution is 6.17. The minimum atomic E-state index is 0.515. The Labute approximate surface area is 106 Å². The van der Waals surface area contributed by atoms with Crippen molar-refractivity contribution in [3.8, 4) is 5.69 Å². The summed E-state index contributed by atoms with van der Waals surface area (Å²) >= 11 is 5.68. The molecule has 0 unspecified atom stereocenters. The zero-order chi connectivity index (χ0) is 12.3. The summed E-state index contributed by atoms with van der Waals surface area (Å²) in [5.74, 6) is 1.09. The normalized spacial score (nSPS) is 11.1. The van der Waals surface area contributed by atoms with Gasteiger partial charge < -0.3 is 0 Å². The Bertz CT molecular complexity index is 491. The van der Waals surface area contributed by atoms with Gasteiger partial charge in [-0.2, -0.15) is 0 Å². The molecule has 4 heteroatoms. The van der Waals surface area contributed by atoms with Gasteiger partial charge in [-0.1, -0.05) is 31.2 Å². The van der Waals surface area contributed by atoms with Crippen LogP contribution in [0.1, 0.15) is 31.0 Å². The maximum Gasteiger partial charge on any atom is 0.0843 e. The van der Waals surface area contributed by atoms with Crippen LogP contribution in [0.4, 0.5) is 0 Å². The van der Waals surface area contributed by atoms with E-state index in [2.05, 4.69) is 36.3 Å². The van der Waals surface area contributed by atoms with Gasteiger partial charge in [0, 0.05) is 12.3 Å². The number of aryl methyl sites for hydroxylation is 1. The summed E-state index contributed by atoms with van der Waals surface area (Å²) in [6.07, 6.45) is 2.69. The molecule has 1 heterocycles. The van der Waals surface area contributed by atoms with Crippen LogP contribution in [-0.2, 0) is 6.42 Å².